The number of hydrogen-bond donors (Lipinski definition) is 1. The normalized spacial score (nSPS) is 9.56. The van der Waals surface area contributed by atoms with Crippen LogP contribution in [0.15, 0.2) is 23.1 Å². The van der Waals surface area contributed by atoms with E-state index >= 15 is 0 Å². The molecule has 0 radical (unpaired) electrons. The third kappa shape index (κ3) is 3.97. The predicted octanol–water partition coefficient (Wildman–Crippen LogP) is 2.83. The van der Waals surface area contributed by atoms with Crippen LogP contribution in [-0.2, 0) is 4.79 Å². The van der Waals surface area contributed by atoms with Crippen LogP contribution >= 0.6 is 35.0 Å². The van der Waals surface area contributed by atoms with Gasteiger partial charge in [-0.05, 0) is 12.1 Å². The van der Waals surface area contributed by atoms with Gasteiger partial charge in [-0.1, -0.05) is 35.2 Å². The average molecular weight is 274 g/mol. The maximum Gasteiger partial charge on any atom is 0.231 e. The van der Waals surface area contributed by atoms with Crippen molar-refractivity contribution >= 4 is 40.9 Å². The van der Waals surface area contributed by atoms with Crippen molar-refractivity contribution in [1.29, 1.82) is 0 Å². The predicted molar refractivity (Wildman–Crippen MR) is 69.0 cm³/mol. The van der Waals surface area contributed by atoms with Crippen molar-refractivity contribution in [3.63, 3.8) is 0 Å². The van der Waals surface area contributed by atoms with E-state index in [1.807, 2.05) is 0 Å². The standard InChI is InChI=1S/C11H9Cl2NOS/c1-2-6-14-10(15)7-16-11-8(12)4-3-5-9(11)13/h1,3-5H,6-7H2,(H,14,15). The molecule has 1 N–H and O–H groups in total. The molecule has 0 aliphatic carbocycles. The highest BCUT2D eigenvalue weighted by molar-refractivity contribution is 8.00. The summed E-state index contributed by atoms with van der Waals surface area (Å²) in [4.78, 5) is 12.0. The smallest absolute Gasteiger partial charge is 0.231 e. The molecule has 2 nitrogen and oxygen atoms in total. The second-order valence-corrected chi connectivity index (χ2v) is 4.62. The maximum absolute atomic E-state index is 11.3. The van der Waals surface area contributed by atoms with Gasteiger partial charge >= 0.3 is 0 Å². The Hall–Kier alpha value is -0.820. The number of terminal acetylenes is 1. The first kappa shape index (κ1) is 13.2. The molecule has 0 bridgehead atoms. The van der Waals surface area contributed by atoms with Crippen LogP contribution < -0.4 is 5.32 Å². The molecule has 16 heavy (non-hydrogen) atoms. The van der Waals surface area contributed by atoms with Crippen molar-refractivity contribution in [3.05, 3.63) is 28.2 Å². The van der Waals surface area contributed by atoms with Gasteiger partial charge in [0.2, 0.25) is 5.91 Å². The van der Waals surface area contributed by atoms with E-state index in [9.17, 15) is 4.79 Å². The summed E-state index contributed by atoms with van der Waals surface area (Å²) in [5, 5.41) is 3.65. The van der Waals surface area contributed by atoms with Gasteiger partial charge < -0.3 is 5.32 Å². The lowest BCUT2D eigenvalue weighted by Crippen LogP contribution is -2.25. The number of halogens is 2. The van der Waals surface area contributed by atoms with Crippen molar-refractivity contribution in [3.8, 4) is 12.3 Å². The molecule has 84 valence electrons. The summed E-state index contributed by atoms with van der Waals surface area (Å²) in [5.74, 6) is 2.43. The zero-order chi connectivity index (χ0) is 12.0. The number of benzene rings is 1. The molecule has 1 amide bonds. The van der Waals surface area contributed by atoms with Gasteiger partial charge in [-0.15, -0.1) is 18.2 Å². The molecule has 0 saturated heterocycles. The van der Waals surface area contributed by atoms with Crippen molar-refractivity contribution in [2.75, 3.05) is 12.3 Å². The lowest BCUT2D eigenvalue weighted by atomic mass is 10.4. The molecular weight excluding hydrogens is 265 g/mol. The fourth-order valence-electron chi connectivity index (χ4n) is 0.959. The van der Waals surface area contributed by atoms with E-state index in [0.29, 0.717) is 14.9 Å². The van der Waals surface area contributed by atoms with E-state index < -0.39 is 0 Å². The van der Waals surface area contributed by atoms with Crippen LogP contribution in [-0.4, -0.2) is 18.2 Å². The van der Waals surface area contributed by atoms with Crippen molar-refractivity contribution in [1.82, 2.24) is 5.32 Å². The molecule has 1 aromatic rings. The van der Waals surface area contributed by atoms with E-state index in [-0.39, 0.29) is 18.2 Å². The molecule has 0 atom stereocenters. The second-order valence-electron chi connectivity index (χ2n) is 2.82. The van der Waals surface area contributed by atoms with Crippen LogP contribution in [0.5, 0.6) is 0 Å². The molecule has 0 aliphatic heterocycles. The molecule has 1 rings (SSSR count). The van der Waals surface area contributed by atoms with Crippen LogP contribution in [0.1, 0.15) is 0 Å². The number of amides is 1. The summed E-state index contributed by atoms with van der Waals surface area (Å²) in [6, 6.07) is 5.22. The summed E-state index contributed by atoms with van der Waals surface area (Å²) < 4.78 is 0. The highest BCUT2D eigenvalue weighted by atomic mass is 35.5. The molecule has 5 heteroatoms. The molecule has 0 unspecified atom stereocenters. The topological polar surface area (TPSA) is 29.1 Å². The molecule has 0 spiro atoms. The Morgan fingerprint density at radius 2 is 2.06 bits per heavy atom. The van der Waals surface area contributed by atoms with Crippen LogP contribution in [0.25, 0.3) is 0 Å². The van der Waals surface area contributed by atoms with E-state index in [1.165, 1.54) is 11.8 Å². The highest BCUT2D eigenvalue weighted by Crippen LogP contribution is 2.33. The van der Waals surface area contributed by atoms with Crippen LogP contribution in [0.2, 0.25) is 10.0 Å². The largest absolute Gasteiger partial charge is 0.344 e. The van der Waals surface area contributed by atoms with Gasteiger partial charge in [-0.25, -0.2) is 0 Å². The third-order valence-corrected chi connectivity index (χ3v) is 3.64. The first-order chi connectivity index (χ1) is 7.65. The zero-order valence-electron chi connectivity index (χ0n) is 8.30. The summed E-state index contributed by atoms with van der Waals surface area (Å²) in [6.45, 7) is 0.232. The number of thioether (sulfide) groups is 1. The van der Waals surface area contributed by atoms with Crippen molar-refractivity contribution < 1.29 is 4.79 Å². The van der Waals surface area contributed by atoms with Gasteiger partial charge in [0, 0.05) is 4.90 Å². The quantitative estimate of drug-likeness (QED) is 0.675. The van der Waals surface area contributed by atoms with Gasteiger partial charge in [0.25, 0.3) is 0 Å². The molecular formula is C11H9Cl2NOS. The molecule has 1 aromatic carbocycles. The monoisotopic (exact) mass is 273 g/mol. The first-order valence-electron chi connectivity index (χ1n) is 4.42. The van der Waals surface area contributed by atoms with Crippen LogP contribution in [0.4, 0.5) is 0 Å². The Kier molecular flexibility index (Phi) is 5.54. The summed E-state index contributed by atoms with van der Waals surface area (Å²) in [7, 11) is 0. The fourth-order valence-corrected chi connectivity index (χ4v) is 2.47. The molecule has 0 heterocycles. The molecule has 0 fully saturated rings. The Labute approximate surface area is 109 Å². The molecule has 0 saturated carbocycles. The van der Waals surface area contributed by atoms with E-state index in [1.54, 1.807) is 18.2 Å². The van der Waals surface area contributed by atoms with Gasteiger partial charge in [-0.3, -0.25) is 4.79 Å². The number of carbonyl (C=O) groups is 1. The number of nitrogens with one attached hydrogen (secondary N) is 1. The fraction of sp³-hybridized carbons (Fsp3) is 0.182. The summed E-state index contributed by atoms with van der Waals surface area (Å²) in [5.41, 5.74) is 0. The minimum atomic E-state index is -0.140. The van der Waals surface area contributed by atoms with Gasteiger partial charge in [-0.2, -0.15) is 0 Å². The summed E-state index contributed by atoms with van der Waals surface area (Å²) >= 11 is 13.2. The Balaban J connectivity index is 2.55. The van der Waals surface area contributed by atoms with E-state index in [2.05, 4.69) is 11.2 Å². The Bertz CT molecular complexity index is 408. The lowest BCUT2D eigenvalue weighted by molar-refractivity contribution is -0.118. The SMILES string of the molecule is C#CCNC(=O)CSc1c(Cl)cccc1Cl. The minimum absolute atomic E-state index is 0.140. The van der Waals surface area contributed by atoms with Gasteiger partial charge in [0.1, 0.15) is 0 Å². The number of carbonyl (C=O) groups excluding carboxylic acids is 1. The maximum atomic E-state index is 11.3. The molecule has 0 aromatic heterocycles. The van der Waals surface area contributed by atoms with Crippen LogP contribution in [0.3, 0.4) is 0 Å². The third-order valence-electron chi connectivity index (χ3n) is 1.65. The average Bonchev–Trinajstić information content (AvgIpc) is 2.25. The zero-order valence-corrected chi connectivity index (χ0v) is 10.6. The van der Waals surface area contributed by atoms with Crippen molar-refractivity contribution in [2.45, 2.75) is 4.90 Å². The summed E-state index contributed by atoms with van der Waals surface area (Å²) in [6.07, 6.45) is 5.02. The van der Waals surface area contributed by atoms with E-state index in [4.69, 9.17) is 29.6 Å². The van der Waals surface area contributed by atoms with Gasteiger partial charge in [0.15, 0.2) is 0 Å². The first-order valence-corrected chi connectivity index (χ1v) is 6.16. The van der Waals surface area contributed by atoms with Gasteiger partial charge in [0.05, 0.1) is 22.3 Å². The lowest BCUT2D eigenvalue weighted by Gasteiger charge is -2.05. The second kappa shape index (κ2) is 6.70. The van der Waals surface area contributed by atoms with Crippen molar-refractivity contribution in [2.24, 2.45) is 0 Å². The Morgan fingerprint density at radius 3 is 2.62 bits per heavy atom. The number of rotatable bonds is 4. The molecule has 0 aliphatic rings. The van der Waals surface area contributed by atoms with E-state index in [0.717, 1.165) is 0 Å². The highest BCUT2D eigenvalue weighted by Gasteiger charge is 2.08. The Morgan fingerprint density at radius 1 is 1.44 bits per heavy atom. The number of hydrogen-bond acceptors (Lipinski definition) is 2. The van der Waals surface area contributed by atoms with Crippen LogP contribution in [0, 0.1) is 12.3 Å². The minimum Gasteiger partial charge on any atom is -0.344 e.